The molecule has 0 aliphatic rings. The lowest BCUT2D eigenvalue weighted by Crippen LogP contribution is -2.34. The molecule has 7 heteroatoms. The van der Waals surface area contributed by atoms with E-state index in [0.29, 0.717) is 11.3 Å². The number of hydrogen-bond acceptors (Lipinski definition) is 4. The number of nitrogens with zero attached hydrogens (tertiary/aromatic N) is 1. The van der Waals surface area contributed by atoms with Crippen LogP contribution in [0.5, 0.6) is 5.75 Å². The van der Waals surface area contributed by atoms with E-state index in [0.717, 1.165) is 10.0 Å². The molecule has 0 radical (unpaired) electrons. The van der Waals surface area contributed by atoms with Gasteiger partial charge in [0.2, 0.25) is 0 Å². The van der Waals surface area contributed by atoms with E-state index in [2.05, 4.69) is 31.8 Å². The van der Waals surface area contributed by atoms with E-state index in [-0.39, 0.29) is 12.5 Å². The van der Waals surface area contributed by atoms with Crippen LogP contribution in [0.4, 0.5) is 0 Å². The van der Waals surface area contributed by atoms with Gasteiger partial charge in [-0.2, -0.15) is 5.10 Å². The molecule has 0 saturated heterocycles. The summed E-state index contributed by atoms with van der Waals surface area (Å²) in [6, 6.07) is 14.1. The van der Waals surface area contributed by atoms with E-state index in [4.69, 9.17) is 4.74 Å². The third-order valence-corrected chi connectivity index (χ3v) is 3.49. The fourth-order valence-electron chi connectivity index (χ4n) is 1.83. The zero-order valence-electron chi connectivity index (χ0n) is 13.0. The van der Waals surface area contributed by atoms with Crippen molar-refractivity contribution in [3.05, 3.63) is 64.1 Å². The number of nitrogens with one attached hydrogen (secondary N) is 2. The lowest BCUT2D eigenvalue weighted by Gasteiger charge is -2.06. The van der Waals surface area contributed by atoms with Crippen molar-refractivity contribution < 1.29 is 14.3 Å². The predicted molar refractivity (Wildman–Crippen MR) is 95.2 cm³/mol. The van der Waals surface area contributed by atoms with Crippen molar-refractivity contribution in [2.75, 3.05) is 13.7 Å². The van der Waals surface area contributed by atoms with Crippen molar-refractivity contribution in [1.29, 1.82) is 0 Å². The summed E-state index contributed by atoms with van der Waals surface area (Å²) in [5.41, 5.74) is 3.61. The molecule has 2 amide bonds. The maximum atomic E-state index is 12.0. The minimum atomic E-state index is -0.419. The lowest BCUT2D eigenvalue weighted by molar-refractivity contribution is -0.120. The molecule has 0 unspecified atom stereocenters. The van der Waals surface area contributed by atoms with Crippen molar-refractivity contribution in [1.82, 2.24) is 10.7 Å². The highest BCUT2D eigenvalue weighted by atomic mass is 79.9. The fourth-order valence-corrected chi connectivity index (χ4v) is 2.25. The number of methoxy groups -OCH3 is 1. The van der Waals surface area contributed by atoms with Gasteiger partial charge < -0.3 is 10.1 Å². The quantitative estimate of drug-likeness (QED) is 0.587. The molecule has 124 valence electrons. The molecule has 2 aromatic rings. The highest BCUT2D eigenvalue weighted by Crippen LogP contribution is 2.12. The summed E-state index contributed by atoms with van der Waals surface area (Å²) in [6.45, 7) is -0.175. The van der Waals surface area contributed by atoms with Crippen LogP contribution in [0.1, 0.15) is 15.9 Å². The summed E-state index contributed by atoms with van der Waals surface area (Å²) >= 11 is 3.35. The standard InChI is InChI=1S/C17H16BrN3O3/c1-24-15-7-3-5-13(9-15)17(23)19-11-16(22)21-20-10-12-4-2-6-14(18)8-12/h2-10H,11H2,1H3,(H,19,23)(H,21,22)/b20-10-. The average molecular weight is 390 g/mol. The third-order valence-electron chi connectivity index (χ3n) is 2.99. The maximum absolute atomic E-state index is 12.0. The molecule has 0 aliphatic carbocycles. The molecule has 24 heavy (non-hydrogen) atoms. The first-order valence-electron chi connectivity index (χ1n) is 7.08. The Morgan fingerprint density at radius 3 is 2.75 bits per heavy atom. The number of rotatable bonds is 6. The van der Waals surface area contributed by atoms with E-state index in [1.807, 2.05) is 24.3 Å². The van der Waals surface area contributed by atoms with E-state index < -0.39 is 5.91 Å². The Morgan fingerprint density at radius 2 is 2.00 bits per heavy atom. The highest BCUT2D eigenvalue weighted by molar-refractivity contribution is 9.10. The second kappa shape index (κ2) is 8.83. The van der Waals surface area contributed by atoms with Gasteiger partial charge >= 0.3 is 0 Å². The van der Waals surface area contributed by atoms with Crippen LogP contribution in [0.25, 0.3) is 0 Å². The Balaban J connectivity index is 1.81. The van der Waals surface area contributed by atoms with Crippen LogP contribution in [0, 0.1) is 0 Å². The Hall–Kier alpha value is -2.67. The number of carbonyl (C=O) groups is 2. The third kappa shape index (κ3) is 5.51. The van der Waals surface area contributed by atoms with Crippen LogP contribution in [-0.4, -0.2) is 31.7 Å². The largest absolute Gasteiger partial charge is 0.497 e. The van der Waals surface area contributed by atoms with Crippen LogP contribution in [0.15, 0.2) is 58.1 Å². The highest BCUT2D eigenvalue weighted by Gasteiger charge is 2.08. The van der Waals surface area contributed by atoms with E-state index >= 15 is 0 Å². The topological polar surface area (TPSA) is 79.8 Å². The molecule has 0 bridgehead atoms. The first-order chi connectivity index (χ1) is 11.6. The van der Waals surface area contributed by atoms with Crippen molar-refractivity contribution in [3.63, 3.8) is 0 Å². The van der Waals surface area contributed by atoms with Crippen LogP contribution in [-0.2, 0) is 4.79 Å². The summed E-state index contributed by atoms with van der Waals surface area (Å²) in [5.74, 6) is -0.205. The molecule has 0 fully saturated rings. The second-order valence-corrected chi connectivity index (χ2v) is 5.68. The van der Waals surface area contributed by atoms with E-state index in [9.17, 15) is 9.59 Å². The minimum absolute atomic E-state index is 0.175. The zero-order chi connectivity index (χ0) is 17.4. The van der Waals surface area contributed by atoms with Gasteiger partial charge in [-0.15, -0.1) is 0 Å². The molecule has 0 saturated carbocycles. The van der Waals surface area contributed by atoms with E-state index in [1.54, 1.807) is 24.3 Å². The molecule has 6 nitrogen and oxygen atoms in total. The first kappa shape index (κ1) is 17.7. The molecule has 2 N–H and O–H groups in total. The van der Waals surface area contributed by atoms with Gasteiger partial charge in [0.1, 0.15) is 5.75 Å². The molecular weight excluding hydrogens is 374 g/mol. The van der Waals surface area contributed by atoms with Gasteiger partial charge in [-0.25, -0.2) is 5.43 Å². The summed E-state index contributed by atoms with van der Waals surface area (Å²) in [5, 5.41) is 6.36. The van der Waals surface area contributed by atoms with Crippen molar-refractivity contribution in [3.8, 4) is 5.75 Å². The fraction of sp³-hybridized carbons (Fsp3) is 0.118. The van der Waals surface area contributed by atoms with Gasteiger partial charge in [-0.05, 0) is 35.9 Å². The number of carbonyl (C=O) groups excluding carboxylic acids is 2. The second-order valence-electron chi connectivity index (χ2n) is 4.76. The monoisotopic (exact) mass is 389 g/mol. The molecule has 0 aliphatic heterocycles. The summed E-state index contributed by atoms with van der Waals surface area (Å²) in [7, 11) is 1.52. The average Bonchev–Trinajstić information content (AvgIpc) is 2.60. The number of halogens is 1. The van der Waals surface area contributed by atoms with Crippen molar-refractivity contribution in [2.45, 2.75) is 0 Å². The number of amides is 2. The number of hydrazone groups is 1. The van der Waals surface area contributed by atoms with Gasteiger partial charge in [0.15, 0.2) is 0 Å². The number of benzene rings is 2. The van der Waals surface area contributed by atoms with Gasteiger partial charge in [0.25, 0.3) is 11.8 Å². The van der Waals surface area contributed by atoms with Gasteiger partial charge in [0.05, 0.1) is 19.9 Å². The Bertz CT molecular complexity index is 762. The van der Waals surface area contributed by atoms with Crippen molar-refractivity contribution in [2.24, 2.45) is 5.10 Å². The molecule has 0 atom stereocenters. The lowest BCUT2D eigenvalue weighted by atomic mass is 10.2. The van der Waals surface area contributed by atoms with Crippen LogP contribution < -0.4 is 15.5 Å². The van der Waals surface area contributed by atoms with Crippen LogP contribution >= 0.6 is 15.9 Å². The Kier molecular flexibility index (Phi) is 6.51. The van der Waals surface area contributed by atoms with Crippen LogP contribution in [0.3, 0.4) is 0 Å². The van der Waals surface area contributed by atoms with Crippen molar-refractivity contribution >= 4 is 34.0 Å². The SMILES string of the molecule is COc1cccc(C(=O)NCC(=O)N/N=C\c2cccc(Br)c2)c1. The molecule has 0 aromatic heterocycles. The number of hydrogen-bond donors (Lipinski definition) is 2. The van der Waals surface area contributed by atoms with Gasteiger partial charge in [-0.3, -0.25) is 9.59 Å². The molecule has 2 rings (SSSR count). The summed E-state index contributed by atoms with van der Waals surface area (Å²) in [6.07, 6.45) is 1.52. The summed E-state index contributed by atoms with van der Waals surface area (Å²) < 4.78 is 5.97. The van der Waals surface area contributed by atoms with Crippen LogP contribution in [0.2, 0.25) is 0 Å². The molecule has 0 spiro atoms. The molecule has 2 aromatic carbocycles. The number of ether oxygens (including phenoxy) is 1. The van der Waals surface area contributed by atoms with Gasteiger partial charge in [-0.1, -0.05) is 34.1 Å². The molecule has 0 heterocycles. The minimum Gasteiger partial charge on any atom is -0.497 e. The molecular formula is C17H16BrN3O3. The summed E-state index contributed by atoms with van der Waals surface area (Å²) in [4.78, 5) is 23.6. The normalized spacial score (nSPS) is 10.4. The Labute approximate surface area is 148 Å². The zero-order valence-corrected chi connectivity index (χ0v) is 14.5. The predicted octanol–water partition coefficient (Wildman–Crippen LogP) is 2.34. The maximum Gasteiger partial charge on any atom is 0.259 e. The smallest absolute Gasteiger partial charge is 0.259 e. The van der Waals surface area contributed by atoms with Gasteiger partial charge in [0, 0.05) is 10.0 Å². The van der Waals surface area contributed by atoms with E-state index in [1.165, 1.54) is 13.3 Å². The first-order valence-corrected chi connectivity index (χ1v) is 7.87. The Morgan fingerprint density at radius 1 is 1.21 bits per heavy atom.